The van der Waals surface area contributed by atoms with Gasteiger partial charge in [-0.05, 0) is 11.5 Å². The number of hydrogen-bond donors (Lipinski definition) is 1. The molecule has 0 bridgehead atoms. The third kappa shape index (κ3) is 2.80. The number of nitrogens with one attached hydrogen (secondary N) is 1. The highest BCUT2D eigenvalue weighted by Gasteiger charge is 2.04. The molecule has 3 heteroatoms. The van der Waals surface area contributed by atoms with Crippen molar-refractivity contribution >= 4 is 16.7 Å². The summed E-state index contributed by atoms with van der Waals surface area (Å²) in [7, 11) is 0. The molecule has 0 aliphatic heterocycles. The Morgan fingerprint density at radius 3 is 2.83 bits per heavy atom. The second kappa shape index (κ2) is 5.74. The highest BCUT2D eigenvalue weighted by molar-refractivity contribution is 5.88. The van der Waals surface area contributed by atoms with Gasteiger partial charge in [-0.15, -0.1) is 6.42 Å². The highest BCUT2D eigenvalue weighted by atomic mass is 16.5. The zero-order valence-corrected chi connectivity index (χ0v) is 9.85. The van der Waals surface area contributed by atoms with Crippen molar-refractivity contribution in [1.29, 1.82) is 0 Å². The van der Waals surface area contributed by atoms with Gasteiger partial charge in [0.15, 0.2) is 6.61 Å². The smallest absolute Gasteiger partial charge is 0.258 e. The van der Waals surface area contributed by atoms with Crippen molar-refractivity contribution in [1.82, 2.24) is 5.32 Å². The first-order chi connectivity index (χ1) is 8.81. The number of amides is 1. The second-order valence-electron chi connectivity index (χ2n) is 3.75. The Morgan fingerprint density at radius 1 is 1.22 bits per heavy atom. The van der Waals surface area contributed by atoms with E-state index in [1.807, 2.05) is 42.5 Å². The summed E-state index contributed by atoms with van der Waals surface area (Å²) >= 11 is 0. The summed E-state index contributed by atoms with van der Waals surface area (Å²) in [5.41, 5.74) is 0. The topological polar surface area (TPSA) is 38.3 Å². The molecule has 2 aromatic rings. The molecule has 0 aromatic heterocycles. The standard InChI is InChI=1S/C15H13NO2/c1-2-10-16-15(17)11-18-14-9-5-7-12-6-3-4-8-13(12)14/h1,3-9H,10-11H2,(H,16,17). The summed E-state index contributed by atoms with van der Waals surface area (Å²) in [5, 5.41) is 4.62. The van der Waals surface area contributed by atoms with Crippen LogP contribution in [-0.4, -0.2) is 19.1 Å². The van der Waals surface area contributed by atoms with E-state index in [9.17, 15) is 4.79 Å². The molecule has 0 fully saturated rings. The maximum absolute atomic E-state index is 11.4. The van der Waals surface area contributed by atoms with Crippen LogP contribution in [-0.2, 0) is 4.79 Å². The summed E-state index contributed by atoms with van der Waals surface area (Å²) in [6.45, 7) is 0.188. The lowest BCUT2D eigenvalue weighted by Gasteiger charge is -2.08. The minimum Gasteiger partial charge on any atom is -0.483 e. The van der Waals surface area contributed by atoms with Crippen LogP contribution in [0.2, 0.25) is 0 Å². The van der Waals surface area contributed by atoms with E-state index in [0.29, 0.717) is 5.75 Å². The number of terminal acetylenes is 1. The molecule has 0 radical (unpaired) electrons. The molecule has 2 aromatic carbocycles. The number of benzene rings is 2. The fraction of sp³-hybridized carbons (Fsp3) is 0.133. The molecule has 0 atom stereocenters. The number of fused-ring (bicyclic) bond motifs is 1. The van der Waals surface area contributed by atoms with E-state index < -0.39 is 0 Å². The molecule has 0 aliphatic carbocycles. The van der Waals surface area contributed by atoms with E-state index >= 15 is 0 Å². The quantitative estimate of drug-likeness (QED) is 0.828. The molecule has 0 saturated heterocycles. The summed E-state index contributed by atoms with van der Waals surface area (Å²) in [6, 6.07) is 13.6. The molecule has 18 heavy (non-hydrogen) atoms. The minimum atomic E-state index is -0.221. The van der Waals surface area contributed by atoms with Crippen molar-refractivity contribution in [2.75, 3.05) is 13.2 Å². The van der Waals surface area contributed by atoms with Gasteiger partial charge in [0, 0.05) is 5.39 Å². The van der Waals surface area contributed by atoms with Gasteiger partial charge in [0.1, 0.15) is 5.75 Å². The fourth-order valence-corrected chi connectivity index (χ4v) is 1.67. The van der Waals surface area contributed by atoms with Crippen molar-refractivity contribution in [3.63, 3.8) is 0 Å². The Kier molecular flexibility index (Phi) is 3.83. The van der Waals surface area contributed by atoms with Crippen LogP contribution in [0.25, 0.3) is 10.8 Å². The average molecular weight is 239 g/mol. The third-order valence-corrected chi connectivity index (χ3v) is 2.50. The van der Waals surface area contributed by atoms with E-state index in [1.54, 1.807) is 0 Å². The van der Waals surface area contributed by atoms with Crippen molar-refractivity contribution in [3.05, 3.63) is 42.5 Å². The van der Waals surface area contributed by atoms with Crippen LogP contribution in [0.15, 0.2) is 42.5 Å². The van der Waals surface area contributed by atoms with Gasteiger partial charge in [-0.1, -0.05) is 42.3 Å². The van der Waals surface area contributed by atoms with Gasteiger partial charge in [-0.25, -0.2) is 0 Å². The van der Waals surface area contributed by atoms with E-state index in [4.69, 9.17) is 11.2 Å². The molecule has 1 N–H and O–H groups in total. The van der Waals surface area contributed by atoms with E-state index in [2.05, 4.69) is 11.2 Å². The summed E-state index contributed by atoms with van der Waals surface area (Å²) in [5.74, 6) is 2.82. The maximum Gasteiger partial charge on any atom is 0.258 e. The molecule has 0 saturated carbocycles. The number of ether oxygens (including phenoxy) is 1. The average Bonchev–Trinajstić information content (AvgIpc) is 2.42. The third-order valence-electron chi connectivity index (χ3n) is 2.50. The van der Waals surface area contributed by atoms with Gasteiger partial charge >= 0.3 is 0 Å². The lowest BCUT2D eigenvalue weighted by Crippen LogP contribution is -2.29. The SMILES string of the molecule is C#CCNC(=O)COc1cccc2ccccc12. The monoisotopic (exact) mass is 239 g/mol. The van der Waals surface area contributed by atoms with Crippen LogP contribution in [0, 0.1) is 12.3 Å². The van der Waals surface area contributed by atoms with Crippen LogP contribution in [0.5, 0.6) is 5.75 Å². The Bertz CT molecular complexity index is 593. The summed E-state index contributed by atoms with van der Waals surface area (Å²) in [4.78, 5) is 11.4. The Balaban J connectivity index is 2.08. The summed E-state index contributed by atoms with van der Waals surface area (Å²) < 4.78 is 5.50. The zero-order valence-electron chi connectivity index (χ0n) is 9.85. The number of carbonyl (C=O) groups is 1. The normalized spacial score (nSPS) is 9.72. The van der Waals surface area contributed by atoms with Crippen LogP contribution >= 0.6 is 0 Å². The van der Waals surface area contributed by atoms with Crippen LogP contribution in [0.1, 0.15) is 0 Å². The van der Waals surface area contributed by atoms with Crippen LogP contribution in [0.3, 0.4) is 0 Å². The Hall–Kier alpha value is -2.47. The predicted octanol–water partition coefficient (Wildman–Crippen LogP) is 1.97. The molecular formula is C15H13NO2. The van der Waals surface area contributed by atoms with Gasteiger partial charge in [-0.2, -0.15) is 0 Å². The van der Waals surface area contributed by atoms with E-state index in [0.717, 1.165) is 10.8 Å². The molecular weight excluding hydrogens is 226 g/mol. The first kappa shape index (κ1) is 12.0. The van der Waals surface area contributed by atoms with E-state index in [1.165, 1.54) is 0 Å². The lowest BCUT2D eigenvalue weighted by atomic mass is 10.1. The van der Waals surface area contributed by atoms with Gasteiger partial charge in [0.2, 0.25) is 0 Å². The Labute approximate surface area is 106 Å². The molecule has 2 rings (SSSR count). The molecule has 3 nitrogen and oxygen atoms in total. The molecule has 0 aliphatic rings. The largest absolute Gasteiger partial charge is 0.483 e. The maximum atomic E-state index is 11.4. The van der Waals surface area contributed by atoms with Crippen molar-refractivity contribution in [2.24, 2.45) is 0 Å². The fourth-order valence-electron chi connectivity index (χ4n) is 1.67. The second-order valence-corrected chi connectivity index (χ2v) is 3.75. The number of rotatable bonds is 4. The first-order valence-corrected chi connectivity index (χ1v) is 5.62. The lowest BCUT2D eigenvalue weighted by molar-refractivity contribution is -0.122. The van der Waals surface area contributed by atoms with E-state index in [-0.39, 0.29) is 19.1 Å². The van der Waals surface area contributed by atoms with Crippen molar-refractivity contribution < 1.29 is 9.53 Å². The van der Waals surface area contributed by atoms with Crippen LogP contribution in [0.4, 0.5) is 0 Å². The minimum absolute atomic E-state index is 0.0321. The number of hydrogen-bond acceptors (Lipinski definition) is 2. The first-order valence-electron chi connectivity index (χ1n) is 5.62. The molecule has 1 amide bonds. The van der Waals surface area contributed by atoms with Gasteiger partial charge < -0.3 is 10.1 Å². The molecule has 0 unspecified atom stereocenters. The summed E-state index contributed by atoms with van der Waals surface area (Å²) in [6.07, 6.45) is 5.05. The molecule has 90 valence electrons. The van der Waals surface area contributed by atoms with Crippen molar-refractivity contribution in [2.45, 2.75) is 0 Å². The van der Waals surface area contributed by atoms with Gasteiger partial charge in [0.05, 0.1) is 6.54 Å². The Morgan fingerprint density at radius 2 is 2.00 bits per heavy atom. The highest BCUT2D eigenvalue weighted by Crippen LogP contribution is 2.24. The predicted molar refractivity (Wildman–Crippen MR) is 71.3 cm³/mol. The van der Waals surface area contributed by atoms with Crippen LogP contribution < -0.4 is 10.1 Å². The van der Waals surface area contributed by atoms with Crippen molar-refractivity contribution in [3.8, 4) is 18.1 Å². The number of carbonyl (C=O) groups excluding carboxylic acids is 1. The molecule has 0 spiro atoms. The molecule has 0 heterocycles. The van der Waals surface area contributed by atoms with Gasteiger partial charge in [0.25, 0.3) is 5.91 Å². The zero-order chi connectivity index (χ0) is 12.8. The van der Waals surface area contributed by atoms with Gasteiger partial charge in [-0.3, -0.25) is 4.79 Å².